The van der Waals surface area contributed by atoms with Crippen LogP contribution in [0.4, 0.5) is 13.2 Å². The summed E-state index contributed by atoms with van der Waals surface area (Å²) in [6.07, 6.45) is -2.17. The summed E-state index contributed by atoms with van der Waals surface area (Å²) in [4.78, 5) is 44.5. The molecular weight excluding hydrogens is 596 g/mol. The van der Waals surface area contributed by atoms with Gasteiger partial charge in [-0.3, -0.25) is 19.1 Å². The predicted octanol–water partition coefficient (Wildman–Crippen LogP) is 6.88. The molecule has 3 aliphatic carbocycles. The average molecular weight is 630 g/mol. The Morgan fingerprint density at radius 2 is 1.71 bits per heavy atom. The molecule has 1 unspecified atom stereocenters. The molecule has 3 atom stereocenters. The summed E-state index contributed by atoms with van der Waals surface area (Å²) in [5.41, 5.74) is -2.37. The zero-order valence-corrected chi connectivity index (χ0v) is 25.3. The van der Waals surface area contributed by atoms with Gasteiger partial charge in [0.25, 0.3) is 5.91 Å². The van der Waals surface area contributed by atoms with Crippen LogP contribution in [0.25, 0.3) is 0 Å². The first-order valence-corrected chi connectivity index (χ1v) is 14.8. The van der Waals surface area contributed by atoms with Crippen LogP contribution in [0.1, 0.15) is 97.4 Å². The quantitative estimate of drug-likeness (QED) is 0.265. The number of carbonyl (C=O) groups is 3. The molecule has 3 fully saturated rings. The fraction of sp³-hybridized carbons (Fsp3) is 0.621. The van der Waals surface area contributed by atoms with Gasteiger partial charge in [-0.05, 0) is 75.7 Å². The van der Waals surface area contributed by atoms with E-state index in [1.54, 1.807) is 13.8 Å². The van der Waals surface area contributed by atoms with Crippen LogP contribution in [0.2, 0.25) is 10.2 Å². The van der Waals surface area contributed by atoms with E-state index in [-0.39, 0.29) is 46.8 Å². The minimum Gasteiger partial charge on any atom is -0.481 e. The Balaban J connectivity index is 1.48. The second-order valence-electron chi connectivity index (χ2n) is 12.9. The van der Waals surface area contributed by atoms with Crippen LogP contribution in [0.3, 0.4) is 0 Å². The Kier molecular flexibility index (Phi) is 7.70. The highest BCUT2D eigenvalue weighted by molar-refractivity contribution is 6.39. The molecule has 0 spiro atoms. The highest BCUT2D eigenvalue weighted by atomic mass is 35.5. The molecule has 1 amide bonds. The van der Waals surface area contributed by atoms with E-state index in [0.29, 0.717) is 30.4 Å². The second-order valence-corrected chi connectivity index (χ2v) is 13.6. The molecule has 8 nitrogen and oxygen atoms in total. The van der Waals surface area contributed by atoms with Crippen molar-refractivity contribution in [2.24, 2.45) is 22.7 Å². The first-order valence-electron chi connectivity index (χ1n) is 14.0. The molecule has 3 aliphatic rings. The minimum absolute atomic E-state index is 0.0507. The number of carboxylic acids is 1. The molecule has 0 bridgehead atoms. The number of aryl methyl sites for hydroxylation is 1. The highest BCUT2D eigenvalue weighted by Crippen LogP contribution is 2.67. The van der Waals surface area contributed by atoms with E-state index in [1.165, 1.54) is 11.0 Å². The first-order chi connectivity index (χ1) is 19.5. The number of aromatic nitrogens is 3. The van der Waals surface area contributed by atoms with Crippen molar-refractivity contribution in [3.63, 3.8) is 0 Å². The molecule has 3 saturated carbocycles. The van der Waals surface area contributed by atoms with Gasteiger partial charge in [-0.25, -0.2) is 4.98 Å². The number of carbonyl (C=O) groups excluding carboxylic acids is 2. The van der Waals surface area contributed by atoms with Crippen LogP contribution in [-0.2, 0) is 11.0 Å². The van der Waals surface area contributed by atoms with E-state index < -0.39 is 59.1 Å². The number of amides is 1. The van der Waals surface area contributed by atoms with E-state index in [0.717, 1.165) is 10.9 Å². The Hall–Kier alpha value is -2.66. The topological polar surface area (TPSA) is 105 Å². The number of ketones is 1. The van der Waals surface area contributed by atoms with Crippen molar-refractivity contribution in [1.82, 2.24) is 19.7 Å². The van der Waals surface area contributed by atoms with Gasteiger partial charge in [-0.2, -0.15) is 18.3 Å². The summed E-state index contributed by atoms with van der Waals surface area (Å²) < 4.78 is 44.6. The van der Waals surface area contributed by atoms with Crippen molar-refractivity contribution < 1.29 is 32.7 Å². The minimum atomic E-state index is -4.92. The maximum absolute atomic E-state index is 14.6. The summed E-state index contributed by atoms with van der Waals surface area (Å²) in [7, 11) is 0. The number of hydrogen-bond donors (Lipinski definition) is 1. The lowest BCUT2D eigenvalue weighted by atomic mass is 9.74. The number of halogens is 5. The number of hydrogen-bond acceptors (Lipinski definition) is 5. The van der Waals surface area contributed by atoms with Crippen LogP contribution < -0.4 is 0 Å². The van der Waals surface area contributed by atoms with E-state index in [4.69, 9.17) is 23.2 Å². The summed E-state index contributed by atoms with van der Waals surface area (Å²) >= 11 is 12.5. The lowest BCUT2D eigenvalue weighted by molar-refractivity contribution is -0.152. The Morgan fingerprint density at radius 1 is 1.12 bits per heavy atom. The van der Waals surface area contributed by atoms with Gasteiger partial charge >= 0.3 is 12.1 Å². The molecule has 5 rings (SSSR count). The van der Waals surface area contributed by atoms with Gasteiger partial charge in [0.2, 0.25) is 0 Å². The van der Waals surface area contributed by atoms with Crippen LogP contribution in [0.5, 0.6) is 0 Å². The molecule has 0 radical (unpaired) electrons. The van der Waals surface area contributed by atoms with Crippen molar-refractivity contribution in [1.29, 1.82) is 0 Å². The number of carboxylic acid groups (broad SMARTS) is 1. The summed E-state index contributed by atoms with van der Waals surface area (Å²) in [6.45, 7) is 6.96. The van der Waals surface area contributed by atoms with Crippen molar-refractivity contribution in [3.05, 3.63) is 45.0 Å². The Labute approximate surface area is 251 Å². The van der Waals surface area contributed by atoms with Gasteiger partial charge in [0.15, 0.2) is 11.5 Å². The number of alkyl halides is 3. The highest BCUT2D eigenvalue weighted by Gasteiger charge is 2.63. The fourth-order valence-electron chi connectivity index (χ4n) is 7.11. The van der Waals surface area contributed by atoms with Crippen LogP contribution in [0, 0.1) is 29.6 Å². The Bertz CT molecular complexity index is 1410. The molecule has 2 heterocycles. The molecule has 2 aromatic rings. The molecular formula is C29H33Cl2F3N4O4. The molecule has 13 heteroatoms. The largest absolute Gasteiger partial charge is 0.481 e. The zero-order valence-electron chi connectivity index (χ0n) is 23.8. The van der Waals surface area contributed by atoms with Gasteiger partial charge < -0.3 is 10.0 Å². The monoisotopic (exact) mass is 628 g/mol. The second kappa shape index (κ2) is 10.5. The molecule has 228 valence electrons. The van der Waals surface area contributed by atoms with E-state index in [9.17, 15) is 32.7 Å². The van der Waals surface area contributed by atoms with Gasteiger partial charge in [0.1, 0.15) is 5.15 Å². The molecule has 42 heavy (non-hydrogen) atoms. The smallest absolute Gasteiger partial charge is 0.433 e. The van der Waals surface area contributed by atoms with Gasteiger partial charge in [0.05, 0.1) is 40.3 Å². The molecule has 2 aromatic heterocycles. The summed E-state index contributed by atoms with van der Waals surface area (Å²) in [5.74, 6) is -1.94. The predicted molar refractivity (Wildman–Crippen MR) is 149 cm³/mol. The maximum atomic E-state index is 14.6. The number of pyridine rings is 1. The van der Waals surface area contributed by atoms with E-state index in [1.807, 2.05) is 0 Å². The molecule has 0 saturated heterocycles. The third kappa shape index (κ3) is 5.31. The number of fused-ring (bicyclic) bond motifs is 1. The van der Waals surface area contributed by atoms with E-state index >= 15 is 0 Å². The summed E-state index contributed by atoms with van der Waals surface area (Å²) in [5, 5.41) is 13.5. The number of aliphatic carboxylic acids is 1. The Morgan fingerprint density at radius 3 is 2.24 bits per heavy atom. The van der Waals surface area contributed by atoms with Crippen molar-refractivity contribution in [2.45, 2.75) is 84.5 Å². The van der Waals surface area contributed by atoms with Gasteiger partial charge in [-0.1, -0.05) is 37.0 Å². The number of rotatable bonds is 7. The fourth-order valence-corrected chi connectivity index (χ4v) is 7.85. The third-order valence-corrected chi connectivity index (χ3v) is 10.5. The molecule has 0 aromatic carbocycles. The van der Waals surface area contributed by atoms with Crippen molar-refractivity contribution >= 4 is 40.9 Å². The van der Waals surface area contributed by atoms with E-state index in [2.05, 4.69) is 23.9 Å². The average Bonchev–Trinajstić information content (AvgIpc) is 3.30. The standard InChI is InChI=1S/C29H33Cl2F3N4O4/c1-14-9-20(30)22(24(31)36-14)21(39)13-37(16-10-18-19(11-16)27(18,2)3)25(40)17-12-35-38(23(17)29(32,33)34)15-5-7-28(4,8-6-15)26(41)42/h9,12,15-16,18-19H,5-8,10-11,13H2,1-4H3,(H,41,42)/t15?,16?,18-,19+,28?. The van der Waals surface area contributed by atoms with Crippen LogP contribution in [0.15, 0.2) is 12.3 Å². The van der Waals surface area contributed by atoms with Crippen LogP contribution in [-0.4, -0.2) is 55.0 Å². The zero-order chi connectivity index (χ0) is 30.9. The molecule has 0 aliphatic heterocycles. The SMILES string of the molecule is Cc1cc(Cl)c(C(=O)CN(C(=O)c2cnn(C3CCC(C)(C(=O)O)CC3)c2C(F)(F)F)C2C[C@@H]3[C@H](C2)C3(C)C)c(Cl)n1. The molecule has 1 N–H and O–H groups in total. The van der Waals surface area contributed by atoms with Crippen molar-refractivity contribution in [3.8, 4) is 0 Å². The third-order valence-electron chi connectivity index (χ3n) is 9.90. The summed E-state index contributed by atoms with van der Waals surface area (Å²) in [6, 6.07) is 0.295. The first kappa shape index (κ1) is 30.8. The van der Waals surface area contributed by atoms with Crippen molar-refractivity contribution in [2.75, 3.05) is 6.54 Å². The van der Waals surface area contributed by atoms with Gasteiger partial charge in [0, 0.05) is 11.7 Å². The number of nitrogens with zero attached hydrogens (tertiary/aromatic N) is 4. The lowest BCUT2D eigenvalue weighted by Crippen LogP contribution is -2.44. The number of Topliss-reactive ketones (excluding diaryl/α,β-unsaturated/α-hetero) is 1. The van der Waals surface area contributed by atoms with Gasteiger partial charge in [-0.15, -0.1) is 0 Å². The normalized spacial score (nSPS) is 28.3. The lowest BCUT2D eigenvalue weighted by Gasteiger charge is -2.35. The van der Waals surface area contributed by atoms with Crippen LogP contribution >= 0.6 is 23.2 Å². The maximum Gasteiger partial charge on any atom is 0.433 e.